The van der Waals surface area contributed by atoms with E-state index in [2.05, 4.69) is 10.1 Å². The van der Waals surface area contributed by atoms with Gasteiger partial charge in [0.1, 0.15) is 12.9 Å². The van der Waals surface area contributed by atoms with Crippen LogP contribution in [-0.4, -0.2) is 19.9 Å². The topological polar surface area (TPSA) is 56.5 Å². The summed E-state index contributed by atoms with van der Waals surface area (Å²) in [4.78, 5) is 16.1. The molecule has 1 aromatic carbocycles. The Morgan fingerprint density at radius 1 is 1.22 bits per heavy atom. The average Bonchev–Trinajstić information content (AvgIpc) is 3.04. The van der Waals surface area contributed by atoms with Gasteiger partial charge in [-0.05, 0) is 47.9 Å². The molecule has 0 fully saturated rings. The van der Waals surface area contributed by atoms with E-state index in [9.17, 15) is 4.79 Å². The Morgan fingerprint density at radius 3 is 2.78 bits per heavy atom. The van der Waals surface area contributed by atoms with Gasteiger partial charge in [0.25, 0.3) is 0 Å². The molecular formula is C17H17N3O2S. The van der Waals surface area contributed by atoms with Crippen LogP contribution in [0.3, 0.4) is 0 Å². The molecule has 6 heteroatoms. The summed E-state index contributed by atoms with van der Waals surface area (Å²) < 4.78 is 7.03. The molecule has 0 aliphatic heterocycles. The zero-order chi connectivity index (χ0) is 16.2. The molecule has 0 unspecified atom stereocenters. The molecular weight excluding hydrogens is 310 g/mol. The van der Waals surface area contributed by atoms with Gasteiger partial charge < -0.3 is 4.74 Å². The molecule has 0 saturated carbocycles. The van der Waals surface area contributed by atoms with Gasteiger partial charge in [0, 0.05) is 11.9 Å². The molecule has 0 amide bonds. The first-order chi connectivity index (χ1) is 11.1. The second-order valence-corrected chi connectivity index (χ2v) is 6.16. The third-order valence-corrected chi connectivity index (χ3v) is 4.58. The maximum absolute atomic E-state index is 11.9. The minimum Gasteiger partial charge on any atom is -0.453 e. The van der Waals surface area contributed by atoms with E-state index in [1.807, 2.05) is 50.4 Å². The van der Waals surface area contributed by atoms with Gasteiger partial charge in [-0.3, -0.25) is 0 Å². The molecule has 0 atom stereocenters. The van der Waals surface area contributed by atoms with E-state index in [0.29, 0.717) is 12.4 Å². The number of hydrogen-bond donors (Lipinski definition) is 0. The molecule has 23 heavy (non-hydrogen) atoms. The normalized spacial score (nSPS) is 10.9. The van der Waals surface area contributed by atoms with Gasteiger partial charge in [0.15, 0.2) is 5.65 Å². The summed E-state index contributed by atoms with van der Waals surface area (Å²) in [7, 11) is 0. The number of ether oxygens (including phenoxy) is 1. The van der Waals surface area contributed by atoms with Crippen LogP contribution in [0.15, 0.2) is 42.9 Å². The Labute approximate surface area is 138 Å². The van der Waals surface area contributed by atoms with E-state index >= 15 is 0 Å². The van der Waals surface area contributed by atoms with Gasteiger partial charge in [0.05, 0.1) is 0 Å². The van der Waals surface area contributed by atoms with Gasteiger partial charge in [-0.1, -0.05) is 30.3 Å². The number of fused-ring (bicyclic) bond motifs is 1. The summed E-state index contributed by atoms with van der Waals surface area (Å²) in [6.07, 6.45) is 3.45. The van der Waals surface area contributed by atoms with E-state index < -0.39 is 0 Å². The van der Waals surface area contributed by atoms with Crippen LogP contribution in [-0.2, 0) is 17.1 Å². The molecule has 2 heterocycles. The monoisotopic (exact) mass is 327 g/mol. The predicted molar refractivity (Wildman–Crippen MR) is 90.4 cm³/mol. The fraction of sp³-hybridized carbons (Fsp3) is 0.235. The number of carbonyl (C=O) groups is 1. The van der Waals surface area contributed by atoms with Crippen molar-refractivity contribution in [3.8, 4) is 0 Å². The van der Waals surface area contributed by atoms with E-state index in [-0.39, 0.29) is 5.30 Å². The third kappa shape index (κ3) is 3.53. The van der Waals surface area contributed by atoms with Gasteiger partial charge in [-0.15, -0.1) is 0 Å². The van der Waals surface area contributed by atoms with Gasteiger partial charge >= 0.3 is 5.30 Å². The molecule has 0 saturated heterocycles. The highest BCUT2D eigenvalue weighted by atomic mass is 32.2. The number of pyridine rings is 1. The number of hydrogen-bond acceptors (Lipinski definition) is 5. The molecule has 3 aromatic rings. The molecule has 3 rings (SSSR count). The lowest BCUT2D eigenvalue weighted by Crippen LogP contribution is -2.02. The SMILES string of the molecule is Cc1c(CSC(=O)OCc2ccccc2)cn2ncnc2c1C. The Kier molecular flexibility index (Phi) is 4.62. The maximum Gasteiger partial charge on any atom is 0.367 e. The van der Waals surface area contributed by atoms with Crippen LogP contribution >= 0.6 is 11.8 Å². The number of rotatable bonds is 4. The Morgan fingerprint density at radius 2 is 2.00 bits per heavy atom. The number of nitrogens with zero attached hydrogens (tertiary/aromatic N) is 3. The lowest BCUT2D eigenvalue weighted by Gasteiger charge is -2.09. The Hall–Kier alpha value is -2.34. The fourth-order valence-corrected chi connectivity index (χ4v) is 3.01. The van der Waals surface area contributed by atoms with E-state index in [4.69, 9.17) is 4.74 Å². The highest BCUT2D eigenvalue weighted by Crippen LogP contribution is 2.22. The summed E-state index contributed by atoms with van der Waals surface area (Å²) in [6, 6.07) is 9.66. The Bertz CT molecular complexity index is 830. The number of aryl methyl sites for hydroxylation is 1. The van der Waals surface area contributed by atoms with Gasteiger partial charge in [-0.25, -0.2) is 14.3 Å². The van der Waals surface area contributed by atoms with Crippen molar-refractivity contribution in [1.29, 1.82) is 0 Å². The minimum absolute atomic E-state index is 0.274. The standard InChI is InChI=1S/C17H17N3O2S/c1-12-13(2)16-18-11-19-20(16)8-15(12)10-23-17(21)22-9-14-6-4-3-5-7-14/h3-8,11H,9-10H2,1-2H3. The van der Waals surface area contributed by atoms with Crippen LogP contribution in [0.25, 0.3) is 5.65 Å². The number of aromatic nitrogens is 3. The van der Waals surface area contributed by atoms with Crippen LogP contribution in [0.5, 0.6) is 0 Å². The van der Waals surface area contributed by atoms with Crippen molar-refractivity contribution in [3.05, 3.63) is 65.1 Å². The van der Waals surface area contributed by atoms with Crippen molar-refractivity contribution >= 4 is 22.7 Å². The van der Waals surface area contributed by atoms with Crippen molar-refractivity contribution in [2.45, 2.75) is 26.2 Å². The first kappa shape index (κ1) is 15.6. The molecule has 5 nitrogen and oxygen atoms in total. The molecule has 0 radical (unpaired) electrons. The summed E-state index contributed by atoms with van der Waals surface area (Å²) in [5, 5.41) is 3.89. The molecule has 2 aromatic heterocycles. The van der Waals surface area contributed by atoms with Crippen LogP contribution < -0.4 is 0 Å². The summed E-state index contributed by atoms with van der Waals surface area (Å²) >= 11 is 1.16. The highest BCUT2D eigenvalue weighted by Gasteiger charge is 2.11. The summed E-state index contributed by atoms with van der Waals surface area (Å²) in [5.74, 6) is 0.552. The number of benzene rings is 1. The first-order valence-electron chi connectivity index (χ1n) is 7.27. The van der Waals surface area contributed by atoms with Gasteiger partial charge in [-0.2, -0.15) is 5.10 Å². The fourth-order valence-electron chi connectivity index (χ4n) is 2.31. The van der Waals surface area contributed by atoms with E-state index in [1.165, 1.54) is 6.33 Å². The smallest absolute Gasteiger partial charge is 0.367 e. The van der Waals surface area contributed by atoms with Crippen LogP contribution in [0.4, 0.5) is 4.79 Å². The highest BCUT2D eigenvalue weighted by molar-refractivity contribution is 8.12. The molecule has 0 bridgehead atoms. The lowest BCUT2D eigenvalue weighted by atomic mass is 10.1. The van der Waals surface area contributed by atoms with E-state index in [0.717, 1.165) is 39.7 Å². The molecule has 0 N–H and O–H groups in total. The molecule has 0 aliphatic carbocycles. The van der Waals surface area contributed by atoms with Crippen molar-refractivity contribution in [2.24, 2.45) is 0 Å². The third-order valence-electron chi connectivity index (χ3n) is 3.78. The van der Waals surface area contributed by atoms with Crippen molar-refractivity contribution < 1.29 is 9.53 Å². The minimum atomic E-state index is -0.274. The van der Waals surface area contributed by atoms with Crippen LogP contribution in [0.2, 0.25) is 0 Å². The second-order valence-electron chi connectivity index (χ2n) is 5.25. The van der Waals surface area contributed by atoms with E-state index in [1.54, 1.807) is 4.52 Å². The van der Waals surface area contributed by atoms with Crippen molar-refractivity contribution in [3.63, 3.8) is 0 Å². The van der Waals surface area contributed by atoms with Crippen molar-refractivity contribution in [1.82, 2.24) is 14.6 Å². The average molecular weight is 327 g/mol. The van der Waals surface area contributed by atoms with Crippen LogP contribution in [0, 0.1) is 13.8 Å². The number of thioether (sulfide) groups is 1. The Balaban J connectivity index is 1.61. The zero-order valence-corrected chi connectivity index (χ0v) is 13.8. The largest absolute Gasteiger partial charge is 0.453 e. The first-order valence-corrected chi connectivity index (χ1v) is 8.25. The maximum atomic E-state index is 11.9. The summed E-state index contributed by atoms with van der Waals surface area (Å²) in [5.41, 5.74) is 5.11. The lowest BCUT2D eigenvalue weighted by molar-refractivity contribution is 0.168. The van der Waals surface area contributed by atoms with Gasteiger partial charge in [0.2, 0.25) is 0 Å². The predicted octanol–water partition coefficient (Wildman–Crippen LogP) is 3.92. The number of carbonyl (C=O) groups excluding carboxylic acids is 1. The molecule has 0 aliphatic rings. The summed E-state index contributed by atoms with van der Waals surface area (Å²) in [6.45, 7) is 4.35. The molecule has 0 spiro atoms. The molecule has 118 valence electrons. The van der Waals surface area contributed by atoms with Crippen LogP contribution in [0.1, 0.15) is 22.3 Å². The second kappa shape index (κ2) is 6.83. The zero-order valence-electron chi connectivity index (χ0n) is 13.0. The quantitative estimate of drug-likeness (QED) is 0.680. The van der Waals surface area contributed by atoms with Crippen molar-refractivity contribution in [2.75, 3.05) is 0 Å².